The van der Waals surface area contributed by atoms with Gasteiger partial charge in [-0.05, 0) is 37.8 Å². The van der Waals surface area contributed by atoms with Gasteiger partial charge in [-0.1, -0.05) is 12.2 Å². The fraction of sp³-hybridized carbons (Fsp3) is 0.882. The highest BCUT2D eigenvalue weighted by Gasteiger charge is 2.96. The number of ether oxygens (including phenoxy) is 2. The van der Waals surface area contributed by atoms with Gasteiger partial charge < -0.3 is 18.9 Å². The van der Waals surface area contributed by atoms with E-state index in [-0.39, 0.29) is 23.2 Å². The minimum absolute atomic E-state index is 0.0463. The number of phosphoric ester groups is 1. The van der Waals surface area contributed by atoms with Gasteiger partial charge in [-0.25, -0.2) is 4.57 Å². The SMILES string of the molecule is C[N+](C)(C)CCOP(=O)(O)OC(COCCC/C=C/C(F)(F)C(F)(F)C(F)(F)C(F)(F)C(F)(F)C(F)(F)C(F)(F)C(F)(F)F)COCCC/C=C/C(F)(F)C(F)(F)C(F)(F)C(F)(F)C(F)(F)C(F)(F)C(F)(F)C(F)(F)F. The van der Waals surface area contributed by atoms with Gasteiger partial charge in [0.05, 0.1) is 34.4 Å². The zero-order valence-corrected chi connectivity index (χ0v) is 38.1. The zero-order chi connectivity index (χ0) is 61.3. The summed E-state index contributed by atoms with van der Waals surface area (Å²) in [6, 6.07) is 0. The van der Waals surface area contributed by atoms with Crippen LogP contribution in [-0.2, 0) is 23.1 Å². The summed E-state index contributed by atoms with van der Waals surface area (Å²) in [5.41, 5.74) is 0. The molecule has 7 nitrogen and oxygen atoms in total. The molecule has 1 atom stereocenters. The number of unbranched alkanes of at least 4 members (excludes halogenated alkanes) is 2. The van der Waals surface area contributed by atoms with E-state index in [1.165, 1.54) is 21.1 Å². The third kappa shape index (κ3) is 14.0. The van der Waals surface area contributed by atoms with E-state index in [1.54, 1.807) is 0 Å². The van der Waals surface area contributed by atoms with Gasteiger partial charge in [-0.2, -0.15) is 149 Å². The van der Waals surface area contributed by atoms with E-state index in [1.807, 2.05) is 0 Å². The Morgan fingerprint density at radius 2 is 0.658 bits per heavy atom. The first-order chi connectivity index (χ1) is 33.0. The van der Waals surface area contributed by atoms with Crippen molar-refractivity contribution in [3.8, 4) is 0 Å². The van der Waals surface area contributed by atoms with Crippen LogP contribution in [0.5, 0.6) is 0 Å². The summed E-state index contributed by atoms with van der Waals surface area (Å²) < 4.78 is 489. The third-order valence-corrected chi connectivity index (χ3v) is 10.4. The molecule has 76 heavy (non-hydrogen) atoms. The van der Waals surface area contributed by atoms with E-state index in [0.717, 1.165) is 0 Å². The number of halogens is 34. The van der Waals surface area contributed by atoms with Crippen LogP contribution in [0.15, 0.2) is 24.3 Å². The normalized spacial score (nSPS) is 16.9. The molecule has 0 aliphatic heterocycles. The fourth-order valence-corrected chi connectivity index (χ4v) is 5.69. The number of quaternary nitrogens is 1. The van der Waals surface area contributed by atoms with Crippen molar-refractivity contribution in [1.29, 1.82) is 0 Å². The van der Waals surface area contributed by atoms with Crippen LogP contribution in [0.4, 0.5) is 149 Å². The smallest absolute Gasteiger partial charge is 0.379 e. The van der Waals surface area contributed by atoms with Crippen molar-refractivity contribution in [2.24, 2.45) is 0 Å². The lowest BCUT2D eigenvalue weighted by Gasteiger charge is -2.42. The molecule has 0 aliphatic carbocycles. The van der Waals surface area contributed by atoms with Crippen molar-refractivity contribution in [2.45, 2.75) is 127 Å². The lowest BCUT2D eigenvalue weighted by Crippen LogP contribution is -2.74. The summed E-state index contributed by atoms with van der Waals surface area (Å²) >= 11 is 0. The maximum absolute atomic E-state index is 14.1. The van der Waals surface area contributed by atoms with E-state index < -0.39 is 180 Å². The van der Waals surface area contributed by atoms with Crippen LogP contribution in [0.1, 0.15) is 25.7 Å². The molecule has 0 saturated heterocycles. The average Bonchev–Trinajstić information content (AvgIpc) is 3.20. The highest BCUT2D eigenvalue weighted by atomic mass is 31.2. The predicted octanol–water partition coefficient (Wildman–Crippen LogP) is 13.9. The number of alkyl halides is 34. The van der Waals surface area contributed by atoms with Gasteiger partial charge in [0.25, 0.3) is 0 Å². The van der Waals surface area contributed by atoms with Crippen molar-refractivity contribution >= 4 is 7.82 Å². The molecule has 42 heteroatoms. The molecule has 0 fully saturated rings. The number of likely N-dealkylation sites (N-methyl/N-ethyl adjacent to an activating group) is 1. The van der Waals surface area contributed by atoms with Gasteiger partial charge in [0.15, 0.2) is 0 Å². The number of allylic oxidation sites excluding steroid dienone is 4. The van der Waals surface area contributed by atoms with Gasteiger partial charge in [0, 0.05) is 13.2 Å². The molecule has 0 saturated carbocycles. The van der Waals surface area contributed by atoms with E-state index in [4.69, 9.17) is 14.0 Å². The van der Waals surface area contributed by atoms with Crippen LogP contribution in [0.25, 0.3) is 0 Å². The van der Waals surface area contributed by atoms with Crippen LogP contribution in [0.3, 0.4) is 0 Å². The Hall–Kier alpha value is -2.91. The van der Waals surface area contributed by atoms with Crippen molar-refractivity contribution < 1.29 is 182 Å². The number of hydrogen-bond acceptors (Lipinski definition) is 5. The molecule has 454 valence electrons. The molecule has 0 aromatic carbocycles. The molecular weight excluding hydrogens is 1200 g/mol. The minimum atomic E-state index is -8.87. The Labute approximate surface area is 402 Å². The highest BCUT2D eigenvalue weighted by Crippen LogP contribution is 2.66. The first kappa shape index (κ1) is 73.1. The van der Waals surface area contributed by atoms with Crippen LogP contribution < -0.4 is 0 Å². The average molecular weight is 1230 g/mol. The van der Waals surface area contributed by atoms with E-state index in [2.05, 4.69) is 4.52 Å². The van der Waals surface area contributed by atoms with E-state index in [9.17, 15) is 159 Å². The molecule has 0 spiro atoms. The Kier molecular flexibility index (Phi) is 22.0. The lowest BCUT2D eigenvalue weighted by atomic mass is 9.89. The Balaban J connectivity index is 6.08. The van der Waals surface area contributed by atoms with Crippen LogP contribution >= 0.6 is 7.82 Å². The minimum Gasteiger partial charge on any atom is -0.379 e. The number of rotatable bonds is 32. The van der Waals surface area contributed by atoms with Crippen LogP contribution in [-0.4, -0.2) is 171 Å². The molecule has 0 aliphatic rings. The number of nitrogens with zero attached hydrogens (tertiary/aromatic N) is 1. The van der Waals surface area contributed by atoms with Crippen molar-refractivity contribution in [2.75, 3.05) is 60.7 Å². The van der Waals surface area contributed by atoms with Gasteiger partial charge in [0.2, 0.25) is 0 Å². The Morgan fingerprint density at radius 3 is 0.908 bits per heavy atom. The van der Waals surface area contributed by atoms with Gasteiger partial charge in [-0.3, -0.25) is 9.05 Å². The molecular formula is C34H35F34NO6P+. The first-order valence-corrected chi connectivity index (χ1v) is 20.9. The predicted molar refractivity (Wildman–Crippen MR) is 183 cm³/mol. The van der Waals surface area contributed by atoms with Crippen molar-refractivity contribution in [3.63, 3.8) is 0 Å². The summed E-state index contributed by atoms with van der Waals surface area (Å²) in [5, 5.41) is 0. The van der Waals surface area contributed by atoms with Crippen molar-refractivity contribution in [3.05, 3.63) is 24.3 Å². The molecule has 0 radical (unpaired) electrons. The molecule has 0 bridgehead atoms. The standard InChI is InChI=1S/C34H34F34NO6P/c1-69(2,3)12-15-74-76(70,71)75-18(16-72-13-8-4-6-10-19(35,36)21(39,40)23(43,44)25(47,48)27(51,52)29(55,56)31(59,60)33(63,64)65)17-73-14-9-5-7-11-20(37,38)22(41,42)24(45,46)26(49,50)28(53,54)30(57,58)32(61,62)34(66,67)68/h6-7,10-11,18H,4-5,8-9,12-17H2,1-3H3/p+1/b10-6+,11-7+. The van der Waals surface area contributed by atoms with Gasteiger partial charge in [0.1, 0.15) is 19.3 Å². The summed E-state index contributed by atoms with van der Waals surface area (Å²) in [6.07, 6.45) is -25.6. The summed E-state index contributed by atoms with van der Waals surface area (Å²) in [7, 11) is -0.675. The maximum atomic E-state index is 14.1. The van der Waals surface area contributed by atoms with Gasteiger partial charge in [-0.15, -0.1) is 0 Å². The van der Waals surface area contributed by atoms with Crippen molar-refractivity contribution in [1.82, 2.24) is 0 Å². The molecule has 0 heterocycles. The maximum Gasteiger partial charge on any atom is 0.472 e. The topological polar surface area (TPSA) is 74.2 Å². The molecule has 0 rings (SSSR count). The first-order valence-electron chi connectivity index (χ1n) is 19.4. The summed E-state index contributed by atoms with van der Waals surface area (Å²) in [6.45, 7) is -4.70. The lowest BCUT2D eigenvalue weighted by molar-refractivity contribution is -0.870. The fourth-order valence-electron chi connectivity index (χ4n) is 4.82. The third-order valence-electron chi connectivity index (χ3n) is 9.37. The van der Waals surface area contributed by atoms with Gasteiger partial charge >= 0.3 is 103 Å². The Bertz CT molecular complexity index is 1880. The zero-order valence-electron chi connectivity index (χ0n) is 37.2. The quantitative estimate of drug-likeness (QED) is 0.0238. The molecule has 0 aromatic heterocycles. The highest BCUT2D eigenvalue weighted by molar-refractivity contribution is 7.47. The second-order valence-corrected chi connectivity index (χ2v) is 17.8. The van der Waals surface area contributed by atoms with E-state index >= 15 is 0 Å². The molecule has 1 unspecified atom stereocenters. The van der Waals surface area contributed by atoms with E-state index in [0.29, 0.717) is 0 Å². The molecule has 0 aromatic rings. The van der Waals surface area contributed by atoms with Crippen LogP contribution in [0, 0.1) is 0 Å². The Morgan fingerprint density at radius 1 is 0.408 bits per heavy atom. The van der Waals surface area contributed by atoms with Crippen LogP contribution in [0.2, 0.25) is 0 Å². The number of hydrogen-bond donors (Lipinski definition) is 1. The number of phosphoric acid groups is 1. The largest absolute Gasteiger partial charge is 0.472 e. The second-order valence-electron chi connectivity index (χ2n) is 16.4. The monoisotopic (exact) mass is 1230 g/mol. The molecule has 0 amide bonds. The second kappa shape index (κ2) is 22.9. The summed E-state index contributed by atoms with van der Waals surface area (Å²) in [4.78, 5) is 10.0. The summed E-state index contributed by atoms with van der Waals surface area (Å²) in [5.74, 6) is -117. The molecule has 1 N–H and O–H groups in total.